The van der Waals surface area contributed by atoms with Crippen LogP contribution in [-0.4, -0.2) is 66.4 Å². The van der Waals surface area contributed by atoms with Crippen LogP contribution in [0.1, 0.15) is 30.1 Å². The zero-order chi connectivity index (χ0) is 26.8. The molecular weight excluding hydrogens is 504 g/mol. The molecule has 0 saturated carbocycles. The number of aromatic nitrogens is 3. The van der Waals surface area contributed by atoms with Gasteiger partial charge in [-0.25, -0.2) is 13.2 Å². The topological polar surface area (TPSA) is 138 Å². The lowest BCUT2D eigenvalue weighted by atomic mass is 10.00. The SMILES string of the molecule is O=C(O)C[C@H](NC(CC(=O)N1CCn2c(nnc2C(F)(F)F)C1)Cc1cc(F)c(F)cc1F)C(=O)O. The molecule has 0 spiro atoms. The van der Waals surface area contributed by atoms with Crippen molar-refractivity contribution in [2.75, 3.05) is 6.54 Å². The van der Waals surface area contributed by atoms with Crippen molar-refractivity contribution < 1.29 is 50.9 Å². The number of carbonyl (C=O) groups is 3. The van der Waals surface area contributed by atoms with Crippen molar-refractivity contribution in [3.63, 3.8) is 0 Å². The number of nitrogens with one attached hydrogen (secondary N) is 1. The number of alkyl halides is 3. The summed E-state index contributed by atoms with van der Waals surface area (Å²) in [7, 11) is 0. The van der Waals surface area contributed by atoms with Crippen LogP contribution in [0.4, 0.5) is 26.3 Å². The minimum absolute atomic E-state index is 0.146. The molecule has 2 heterocycles. The van der Waals surface area contributed by atoms with Gasteiger partial charge in [0.15, 0.2) is 17.5 Å². The number of amides is 1. The average molecular weight is 523 g/mol. The van der Waals surface area contributed by atoms with E-state index >= 15 is 0 Å². The van der Waals surface area contributed by atoms with Crippen molar-refractivity contribution >= 4 is 17.8 Å². The van der Waals surface area contributed by atoms with Gasteiger partial charge in [-0.3, -0.25) is 14.4 Å². The van der Waals surface area contributed by atoms with Crippen molar-refractivity contribution in [1.29, 1.82) is 0 Å². The highest BCUT2D eigenvalue weighted by Crippen LogP contribution is 2.29. The number of aliphatic carboxylic acids is 2. The molecule has 0 fully saturated rings. The Hall–Kier alpha value is -3.69. The second-order valence-corrected chi connectivity index (χ2v) is 8.02. The van der Waals surface area contributed by atoms with E-state index in [1.54, 1.807) is 0 Å². The van der Waals surface area contributed by atoms with Gasteiger partial charge in [-0.2, -0.15) is 13.2 Å². The molecule has 36 heavy (non-hydrogen) atoms. The summed E-state index contributed by atoms with van der Waals surface area (Å²) in [6.45, 7) is -0.821. The lowest BCUT2D eigenvalue weighted by Gasteiger charge is -2.30. The highest BCUT2D eigenvalue weighted by Gasteiger charge is 2.40. The van der Waals surface area contributed by atoms with Gasteiger partial charge in [0.25, 0.3) is 0 Å². The normalized spacial score (nSPS) is 15.3. The van der Waals surface area contributed by atoms with Crippen molar-refractivity contribution in [2.45, 2.75) is 50.6 Å². The summed E-state index contributed by atoms with van der Waals surface area (Å²) in [5.74, 6) is -9.21. The summed E-state index contributed by atoms with van der Waals surface area (Å²) >= 11 is 0. The fraction of sp³-hybridized carbons (Fsp3) is 0.450. The van der Waals surface area contributed by atoms with Crippen molar-refractivity contribution in [1.82, 2.24) is 25.0 Å². The molecule has 0 saturated heterocycles. The minimum Gasteiger partial charge on any atom is -0.481 e. The molecule has 1 aliphatic rings. The lowest BCUT2D eigenvalue weighted by molar-refractivity contribution is -0.148. The van der Waals surface area contributed by atoms with Gasteiger partial charge in [-0.15, -0.1) is 10.2 Å². The Balaban J connectivity index is 1.81. The number of carboxylic acid groups (broad SMARTS) is 2. The zero-order valence-electron chi connectivity index (χ0n) is 18.2. The molecule has 16 heteroatoms. The maximum Gasteiger partial charge on any atom is 0.451 e. The minimum atomic E-state index is -4.75. The van der Waals surface area contributed by atoms with E-state index in [1.807, 2.05) is 0 Å². The Morgan fingerprint density at radius 2 is 1.67 bits per heavy atom. The maximum absolute atomic E-state index is 14.2. The number of fused-ring (bicyclic) bond motifs is 1. The molecule has 1 aliphatic heterocycles. The molecule has 0 bridgehead atoms. The van der Waals surface area contributed by atoms with E-state index in [2.05, 4.69) is 15.5 Å². The number of halogens is 6. The third-order valence-corrected chi connectivity index (χ3v) is 5.45. The van der Waals surface area contributed by atoms with E-state index in [-0.39, 0.29) is 31.5 Å². The van der Waals surface area contributed by atoms with Crippen LogP contribution in [0.5, 0.6) is 0 Å². The molecular formula is C20H19F6N5O5. The third kappa shape index (κ3) is 6.30. The molecule has 1 amide bonds. The summed E-state index contributed by atoms with van der Waals surface area (Å²) in [6, 6.07) is -2.18. The predicted molar refractivity (Wildman–Crippen MR) is 106 cm³/mol. The fourth-order valence-electron chi connectivity index (χ4n) is 3.77. The Morgan fingerprint density at radius 1 is 1.00 bits per heavy atom. The molecule has 3 N–H and O–H groups in total. The maximum atomic E-state index is 14.2. The van der Waals surface area contributed by atoms with Gasteiger partial charge in [0.2, 0.25) is 11.7 Å². The van der Waals surface area contributed by atoms with E-state index in [0.717, 1.165) is 9.47 Å². The van der Waals surface area contributed by atoms with E-state index in [4.69, 9.17) is 5.11 Å². The third-order valence-electron chi connectivity index (χ3n) is 5.45. The van der Waals surface area contributed by atoms with Crippen molar-refractivity contribution in [2.24, 2.45) is 0 Å². The van der Waals surface area contributed by atoms with Gasteiger partial charge in [0, 0.05) is 31.6 Å². The molecule has 1 unspecified atom stereocenters. The fourth-order valence-corrected chi connectivity index (χ4v) is 3.77. The highest BCUT2D eigenvalue weighted by atomic mass is 19.4. The summed E-state index contributed by atoms with van der Waals surface area (Å²) in [5, 5.41) is 27.2. The van der Waals surface area contributed by atoms with Crippen LogP contribution in [0.25, 0.3) is 0 Å². The molecule has 0 radical (unpaired) electrons. The van der Waals surface area contributed by atoms with Crippen LogP contribution in [-0.2, 0) is 40.1 Å². The molecule has 196 valence electrons. The summed E-state index contributed by atoms with van der Waals surface area (Å²) in [5.41, 5.74) is -0.410. The first-order valence-electron chi connectivity index (χ1n) is 10.4. The number of hydrogen-bond donors (Lipinski definition) is 3. The van der Waals surface area contributed by atoms with Gasteiger partial charge in [-0.1, -0.05) is 0 Å². The van der Waals surface area contributed by atoms with Crippen LogP contribution >= 0.6 is 0 Å². The quantitative estimate of drug-likeness (QED) is 0.333. The smallest absolute Gasteiger partial charge is 0.451 e. The lowest BCUT2D eigenvalue weighted by Crippen LogP contribution is -2.48. The molecule has 10 nitrogen and oxygen atoms in total. The zero-order valence-corrected chi connectivity index (χ0v) is 18.2. The standard InChI is InChI=1S/C20H19F6N5O5/c21-11-6-13(23)12(22)4-9(11)3-10(27-14(18(35)36)7-17(33)34)5-16(32)30-1-2-31-15(8-30)28-29-19(31)20(24,25)26/h4,6,10,14,27H,1-3,5,7-8H2,(H,33,34)(H,35,36)/t10?,14-/m0/s1. The van der Waals surface area contributed by atoms with Crippen molar-refractivity contribution in [3.8, 4) is 0 Å². The largest absolute Gasteiger partial charge is 0.481 e. The first kappa shape index (κ1) is 26.9. The van der Waals surface area contributed by atoms with Crippen molar-refractivity contribution in [3.05, 3.63) is 46.8 Å². The summed E-state index contributed by atoms with van der Waals surface area (Å²) < 4.78 is 81.0. The number of benzene rings is 1. The Labute approximate surface area is 198 Å². The van der Waals surface area contributed by atoms with Crippen LogP contribution < -0.4 is 5.32 Å². The van der Waals surface area contributed by atoms with Gasteiger partial charge < -0.3 is 25.0 Å². The van der Waals surface area contributed by atoms with Gasteiger partial charge in [-0.05, 0) is 18.1 Å². The van der Waals surface area contributed by atoms with Crippen LogP contribution in [0, 0.1) is 17.5 Å². The molecule has 0 aliphatic carbocycles. The van der Waals surface area contributed by atoms with Gasteiger partial charge >= 0.3 is 18.1 Å². The number of hydrogen-bond acceptors (Lipinski definition) is 6. The summed E-state index contributed by atoms with van der Waals surface area (Å²) in [4.78, 5) is 36.5. The van der Waals surface area contributed by atoms with E-state index in [9.17, 15) is 45.8 Å². The molecule has 3 rings (SSSR count). The van der Waals surface area contributed by atoms with E-state index < -0.39 is 84.2 Å². The molecule has 2 aromatic rings. The first-order valence-corrected chi connectivity index (χ1v) is 10.4. The average Bonchev–Trinajstić information content (AvgIpc) is 3.20. The first-order chi connectivity index (χ1) is 16.8. The Bertz CT molecular complexity index is 1170. The van der Waals surface area contributed by atoms with Crippen LogP contribution in [0.3, 0.4) is 0 Å². The van der Waals surface area contributed by atoms with Crippen LogP contribution in [0.2, 0.25) is 0 Å². The predicted octanol–water partition coefficient (Wildman–Crippen LogP) is 1.58. The van der Waals surface area contributed by atoms with Gasteiger partial charge in [0.05, 0.1) is 13.0 Å². The highest BCUT2D eigenvalue weighted by molar-refractivity contribution is 5.81. The molecule has 1 aromatic carbocycles. The molecule has 1 aromatic heterocycles. The Kier molecular flexibility index (Phi) is 7.86. The number of carbonyl (C=O) groups excluding carboxylic acids is 1. The van der Waals surface area contributed by atoms with Crippen LogP contribution in [0.15, 0.2) is 12.1 Å². The number of carboxylic acids is 2. The van der Waals surface area contributed by atoms with E-state index in [1.165, 1.54) is 0 Å². The van der Waals surface area contributed by atoms with Gasteiger partial charge in [0.1, 0.15) is 11.9 Å². The number of nitrogens with zero attached hydrogens (tertiary/aromatic N) is 4. The summed E-state index contributed by atoms with van der Waals surface area (Å²) in [6.07, 6.45) is -6.76. The van der Waals surface area contributed by atoms with E-state index in [0.29, 0.717) is 6.07 Å². The second-order valence-electron chi connectivity index (χ2n) is 8.02. The Morgan fingerprint density at radius 3 is 2.28 bits per heavy atom. The monoisotopic (exact) mass is 523 g/mol. The molecule has 2 atom stereocenters. The second kappa shape index (κ2) is 10.5. The number of rotatable bonds is 9.